The number of aromatic nitrogens is 3. The molecule has 26 heavy (non-hydrogen) atoms. The Morgan fingerprint density at radius 3 is 2.81 bits per heavy atom. The van der Waals surface area contributed by atoms with E-state index in [-0.39, 0.29) is 0 Å². The van der Waals surface area contributed by atoms with E-state index in [0.29, 0.717) is 36.2 Å². The first-order valence-corrected chi connectivity index (χ1v) is 8.55. The van der Waals surface area contributed by atoms with Gasteiger partial charge in [0.05, 0.1) is 24.5 Å². The standard InChI is InChI=1S/C18H17ClN4O3/c1-11-15-9-12-10-22(7-8-25-2)18(24)26-17(12)20-16(15)23(21-11)14-5-3-13(19)4-6-14/h3-6,9H,7-8,10H2,1-2H3. The van der Waals surface area contributed by atoms with E-state index < -0.39 is 6.09 Å². The summed E-state index contributed by atoms with van der Waals surface area (Å²) in [6.45, 7) is 3.29. The van der Waals surface area contributed by atoms with Crippen LogP contribution in [-0.2, 0) is 11.3 Å². The van der Waals surface area contributed by atoms with E-state index in [0.717, 1.165) is 22.3 Å². The molecule has 1 aromatic carbocycles. The maximum Gasteiger partial charge on any atom is 0.416 e. The number of methoxy groups -OCH3 is 1. The van der Waals surface area contributed by atoms with Crippen molar-refractivity contribution in [3.63, 3.8) is 0 Å². The van der Waals surface area contributed by atoms with Gasteiger partial charge in [0.1, 0.15) is 0 Å². The minimum absolute atomic E-state index is 0.325. The molecule has 0 fully saturated rings. The smallest absolute Gasteiger partial charge is 0.391 e. The van der Waals surface area contributed by atoms with Crippen molar-refractivity contribution in [2.45, 2.75) is 13.5 Å². The number of ether oxygens (including phenoxy) is 2. The number of aryl methyl sites for hydroxylation is 1. The number of hydrogen-bond acceptors (Lipinski definition) is 5. The lowest BCUT2D eigenvalue weighted by Gasteiger charge is -2.27. The van der Waals surface area contributed by atoms with Gasteiger partial charge >= 0.3 is 6.09 Å². The second kappa shape index (κ2) is 6.59. The van der Waals surface area contributed by atoms with E-state index in [1.165, 1.54) is 0 Å². The highest BCUT2D eigenvalue weighted by Gasteiger charge is 2.27. The van der Waals surface area contributed by atoms with Crippen LogP contribution in [0, 0.1) is 6.92 Å². The molecule has 7 nitrogen and oxygen atoms in total. The third-order valence-electron chi connectivity index (χ3n) is 4.32. The predicted molar refractivity (Wildman–Crippen MR) is 96.9 cm³/mol. The summed E-state index contributed by atoms with van der Waals surface area (Å²) in [5.41, 5.74) is 3.18. The average molecular weight is 373 g/mol. The van der Waals surface area contributed by atoms with Crippen molar-refractivity contribution in [2.24, 2.45) is 0 Å². The zero-order valence-corrected chi connectivity index (χ0v) is 15.2. The van der Waals surface area contributed by atoms with Crippen LogP contribution < -0.4 is 4.74 Å². The molecule has 1 aliphatic heterocycles. The maximum atomic E-state index is 12.2. The van der Waals surface area contributed by atoms with Crippen LogP contribution in [0.25, 0.3) is 16.7 Å². The number of nitrogens with zero attached hydrogens (tertiary/aromatic N) is 4. The number of carbonyl (C=O) groups excluding carboxylic acids is 1. The van der Waals surface area contributed by atoms with Crippen LogP contribution in [0.4, 0.5) is 4.79 Å². The number of carbonyl (C=O) groups is 1. The highest BCUT2D eigenvalue weighted by molar-refractivity contribution is 6.30. The lowest BCUT2D eigenvalue weighted by Crippen LogP contribution is -2.39. The molecule has 0 spiro atoms. The van der Waals surface area contributed by atoms with E-state index in [1.807, 2.05) is 25.1 Å². The van der Waals surface area contributed by atoms with Gasteiger partial charge in [-0.15, -0.1) is 0 Å². The maximum absolute atomic E-state index is 12.2. The van der Waals surface area contributed by atoms with Crippen molar-refractivity contribution in [2.75, 3.05) is 20.3 Å². The molecular formula is C18H17ClN4O3. The van der Waals surface area contributed by atoms with Gasteiger partial charge in [0.25, 0.3) is 0 Å². The van der Waals surface area contributed by atoms with Gasteiger partial charge in [0, 0.05) is 29.6 Å². The molecule has 0 saturated heterocycles. The number of rotatable bonds is 4. The topological polar surface area (TPSA) is 69.5 Å². The Morgan fingerprint density at radius 1 is 1.31 bits per heavy atom. The normalized spacial score (nSPS) is 13.8. The van der Waals surface area contributed by atoms with Crippen LogP contribution in [0.5, 0.6) is 5.88 Å². The Kier molecular flexibility index (Phi) is 4.26. The number of halogens is 1. The van der Waals surface area contributed by atoms with Gasteiger partial charge in [-0.05, 0) is 37.3 Å². The fourth-order valence-electron chi connectivity index (χ4n) is 2.96. The molecule has 2 aromatic heterocycles. The highest BCUT2D eigenvalue weighted by Crippen LogP contribution is 2.30. The second-order valence-electron chi connectivity index (χ2n) is 6.08. The number of hydrogen-bond donors (Lipinski definition) is 0. The van der Waals surface area contributed by atoms with Crippen LogP contribution in [0.3, 0.4) is 0 Å². The lowest BCUT2D eigenvalue weighted by atomic mass is 10.1. The molecule has 0 unspecified atom stereocenters. The summed E-state index contributed by atoms with van der Waals surface area (Å²) in [7, 11) is 1.60. The second-order valence-corrected chi connectivity index (χ2v) is 6.52. The number of benzene rings is 1. The zero-order valence-electron chi connectivity index (χ0n) is 14.4. The Hall–Kier alpha value is -2.64. The molecule has 4 rings (SSSR count). The quantitative estimate of drug-likeness (QED) is 0.702. The minimum atomic E-state index is -0.421. The molecule has 0 N–H and O–H groups in total. The molecule has 3 heterocycles. The van der Waals surface area contributed by atoms with E-state index in [9.17, 15) is 4.79 Å². The van der Waals surface area contributed by atoms with Gasteiger partial charge in [0.15, 0.2) is 5.65 Å². The first kappa shape index (κ1) is 16.8. The summed E-state index contributed by atoms with van der Waals surface area (Å²) in [4.78, 5) is 18.3. The Morgan fingerprint density at radius 2 is 2.08 bits per heavy atom. The number of fused-ring (bicyclic) bond motifs is 2. The van der Waals surface area contributed by atoms with Crippen molar-refractivity contribution >= 4 is 28.7 Å². The Bertz CT molecular complexity index is 984. The van der Waals surface area contributed by atoms with Gasteiger partial charge in [0.2, 0.25) is 5.88 Å². The van der Waals surface area contributed by atoms with Crippen molar-refractivity contribution in [3.05, 3.63) is 46.6 Å². The molecule has 8 heteroatoms. The van der Waals surface area contributed by atoms with E-state index >= 15 is 0 Å². The van der Waals surface area contributed by atoms with Gasteiger partial charge < -0.3 is 14.4 Å². The third-order valence-corrected chi connectivity index (χ3v) is 4.57. The molecule has 0 atom stereocenters. The van der Waals surface area contributed by atoms with Crippen molar-refractivity contribution in [1.29, 1.82) is 0 Å². The first-order valence-electron chi connectivity index (χ1n) is 8.17. The Labute approximate surface area is 155 Å². The van der Waals surface area contributed by atoms with Gasteiger partial charge in [-0.2, -0.15) is 10.1 Å². The largest absolute Gasteiger partial charge is 0.416 e. The lowest BCUT2D eigenvalue weighted by molar-refractivity contribution is 0.110. The summed E-state index contributed by atoms with van der Waals surface area (Å²) in [6, 6.07) is 9.32. The number of amides is 1. The van der Waals surface area contributed by atoms with Crippen LogP contribution in [0.1, 0.15) is 11.3 Å². The molecular weight excluding hydrogens is 356 g/mol. The fraction of sp³-hybridized carbons (Fsp3) is 0.278. The third kappa shape index (κ3) is 2.89. The SMILES string of the molecule is COCCN1Cc2cc3c(C)nn(-c4ccc(Cl)cc4)c3nc2OC1=O. The average Bonchev–Trinajstić information content (AvgIpc) is 2.95. The van der Waals surface area contributed by atoms with E-state index in [4.69, 9.17) is 21.1 Å². The van der Waals surface area contributed by atoms with Gasteiger partial charge in [-0.25, -0.2) is 9.48 Å². The molecule has 0 aliphatic carbocycles. The Balaban J connectivity index is 1.78. The summed E-state index contributed by atoms with van der Waals surface area (Å²) in [6.07, 6.45) is -0.421. The predicted octanol–water partition coefficient (Wildman–Crippen LogP) is 3.34. The highest BCUT2D eigenvalue weighted by atomic mass is 35.5. The van der Waals surface area contributed by atoms with Crippen LogP contribution in [0.2, 0.25) is 5.02 Å². The van der Waals surface area contributed by atoms with Crippen LogP contribution in [-0.4, -0.2) is 46.0 Å². The zero-order chi connectivity index (χ0) is 18.3. The molecule has 134 valence electrons. The molecule has 3 aromatic rings. The molecule has 0 radical (unpaired) electrons. The van der Waals surface area contributed by atoms with Crippen LogP contribution >= 0.6 is 11.6 Å². The summed E-state index contributed by atoms with van der Waals surface area (Å²) in [5, 5.41) is 6.16. The van der Waals surface area contributed by atoms with E-state index in [2.05, 4.69) is 10.1 Å². The summed E-state index contributed by atoms with van der Waals surface area (Å²) in [5.74, 6) is 0.325. The number of pyridine rings is 1. The molecule has 1 amide bonds. The summed E-state index contributed by atoms with van der Waals surface area (Å²) >= 11 is 5.97. The van der Waals surface area contributed by atoms with E-state index in [1.54, 1.807) is 28.8 Å². The summed E-state index contributed by atoms with van der Waals surface area (Å²) < 4.78 is 12.2. The van der Waals surface area contributed by atoms with Gasteiger partial charge in [-0.1, -0.05) is 11.6 Å². The molecule has 0 bridgehead atoms. The monoisotopic (exact) mass is 372 g/mol. The fourth-order valence-corrected chi connectivity index (χ4v) is 3.09. The first-order chi connectivity index (χ1) is 12.6. The van der Waals surface area contributed by atoms with Gasteiger partial charge in [-0.3, -0.25) is 0 Å². The molecule has 0 saturated carbocycles. The van der Waals surface area contributed by atoms with Crippen molar-refractivity contribution in [1.82, 2.24) is 19.7 Å². The minimum Gasteiger partial charge on any atom is -0.391 e. The van der Waals surface area contributed by atoms with Crippen molar-refractivity contribution in [3.8, 4) is 11.6 Å². The van der Waals surface area contributed by atoms with Crippen molar-refractivity contribution < 1.29 is 14.3 Å². The molecule has 1 aliphatic rings. The van der Waals surface area contributed by atoms with Crippen LogP contribution in [0.15, 0.2) is 30.3 Å².